The van der Waals surface area contributed by atoms with E-state index in [1.807, 2.05) is 42.5 Å². The van der Waals surface area contributed by atoms with Gasteiger partial charge in [-0.2, -0.15) is 0 Å². The van der Waals surface area contributed by atoms with Gasteiger partial charge in [0.25, 0.3) is 5.91 Å². The predicted octanol–water partition coefficient (Wildman–Crippen LogP) is 4.00. The van der Waals surface area contributed by atoms with Gasteiger partial charge in [0.2, 0.25) is 0 Å². The van der Waals surface area contributed by atoms with Gasteiger partial charge in [-0.25, -0.2) is 4.79 Å². The number of hydrogen-bond acceptors (Lipinski definition) is 4. The Morgan fingerprint density at radius 1 is 0.967 bits per heavy atom. The summed E-state index contributed by atoms with van der Waals surface area (Å²) in [7, 11) is 0. The summed E-state index contributed by atoms with van der Waals surface area (Å²) < 4.78 is 0. The van der Waals surface area contributed by atoms with Gasteiger partial charge in [-0.05, 0) is 34.9 Å². The number of rotatable bonds is 4. The van der Waals surface area contributed by atoms with Gasteiger partial charge < -0.3 is 10.0 Å². The van der Waals surface area contributed by atoms with Crippen molar-refractivity contribution >= 4 is 17.6 Å². The number of carbonyl (C=O) groups is 2. The zero-order chi connectivity index (χ0) is 20.7. The minimum atomic E-state index is -1.07. The molecule has 0 bridgehead atoms. The van der Waals surface area contributed by atoms with Crippen LogP contribution in [0.3, 0.4) is 0 Å². The zero-order valence-corrected chi connectivity index (χ0v) is 15.7. The van der Waals surface area contributed by atoms with Gasteiger partial charge in [0, 0.05) is 17.3 Å². The number of hydrogen-bond donors (Lipinski definition) is 2. The standard InChI is InChI=1S/C23H16N4O3/c28-22-19-10-16(20-12-24-26-25-20)6-7-17(19)13-27(22)21-11-15(8-9-18(21)23(29)30)14-4-2-1-3-5-14/h1-12H,13H2,(H,29,30)(H,24,25,26). The van der Waals surface area contributed by atoms with Crippen LogP contribution in [0.15, 0.2) is 72.9 Å². The molecule has 5 rings (SSSR count). The monoisotopic (exact) mass is 396 g/mol. The molecule has 146 valence electrons. The average Bonchev–Trinajstić information content (AvgIpc) is 3.42. The fraction of sp³-hybridized carbons (Fsp3) is 0.0435. The third kappa shape index (κ3) is 2.93. The molecule has 0 aliphatic carbocycles. The van der Waals surface area contributed by atoms with E-state index in [9.17, 15) is 14.7 Å². The highest BCUT2D eigenvalue weighted by Gasteiger charge is 2.31. The highest BCUT2D eigenvalue weighted by Crippen LogP contribution is 2.35. The molecule has 1 amide bonds. The van der Waals surface area contributed by atoms with Crippen molar-refractivity contribution in [2.45, 2.75) is 6.54 Å². The Balaban J connectivity index is 1.58. The highest BCUT2D eigenvalue weighted by molar-refractivity contribution is 6.13. The molecule has 2 N–H and O–H groups in total. The Morgan fingerprint density at radius 3 is 2.50 bits per heavy atom. The molecule has 0 unspecified atom stereocenters. The normalized spacial score (nSPS) is 12.8. The maximum absolute atomic E-state index is 13.2. The van der Waals surface area contributed by atoms with Crippen molar-refractivity contribution in [2.75, 3.05) is 4.90 Å². The fourth-order valence-corrected chi connectivity index (χ4v) is 3.74. The van der Waals surface area contributed by atoms with E-state index in [1.165, 1.54) is 4.90 Å². The van der Waals surface area contributed by atoms with Gasteiger partial charge in [-0.15, -0.1) is 5.10 Å². The summed E-state index contributed by atoms with van der Waals surface area (Å²) in [4.78, 5) is 26.6. The molecular formula is C23H16N4O3. The molecule has 0 saturated heterocycles. The predicted molar refractivity (Wildman–Crippen MR) is 111 cm³/mol. The molecule has 1 aromatic heterocycles. The number of carbonyl (C=O) groups excluding carboxylic acids is 1. The first kappa shape index (κ1) is 17.8. The van der Waals surface area contributed by atoms with Crippen molar-refractivity contribution in [3.05, 3.63) is 89.6 Å². The van der Waals surface area contributed by atoms with Gasteiger partial charge in [0.1, 0.15) is 5.69 Å². The van der Waals surface area contributed by atoms with E-state index in [0.29, 0.717) is 23.5 Å². The molecule has 3 aromatic carbocycles. The molecule has 30 heavy (non-hydrogen) atoms. The first-order chi connectivity index (χ1) is 14.6. The van der Waals surface area contributed by atoms with E-state index in [1.54, 1.807) is 30.5 Å². The van der Waals surface area contributed by atoms with Crippen LogP contribution in [0.25, 0.3) is 22.4 Å². The smallest absolute Gasteiger partial charge is 0.337 e. The Morgan fingerprint density at radius 2 is 1.77 bits per heavy atom. The molecule has 7 heteroatoms. The second kappa shape index (κ2) is 6.97. The molecule has 7 nitrogen and oxygen atoms in total. The maximum Gasteiger partial charge on any atom is 0.337 e. The third-order valence-corrected chi connectivity index (χ3v) is 5.25. The van der Waals surface area contributed by atoms with Crippen LogP contribution >= 0.6 is 0 Å². The summed E-state index contributed by atoms with van der Waals surface area (Å²) >= 11 is 0. The lowest BCUT2D eigenvalue weighted by Crippen LogP contribution is -2.25. The van der Waals surface area contributed by atoms with E-state index < -0.39 is 5.97 Å². The molecule has 0 saturated carbocycles. The molecule has 0 spiro atoms. The topological polar surface area (TPSA) is 99.2 Å². The Hall–Kier alpha value is -4.26. The lowest BCUT2D eigenvalue weighted by atomic mass is 10.0. The second-order valence-corrected chi connectivity index (χ2v) is 7.03. The highest BCUT2D eigenvalue weighted by atomic mass is 16.4. The Labute approximate surface area is 171 Å². The number of aromatic amines is 1. The van der Waals surface area contributed by atoms with E-state index in [0.717, 1.165) is 22.3 Å². The average molecular weight is 396 g/mol. The number of carboxylic acid groups (broad SMARTS) is 1. The van der Waals surface area contributed by atoms with Crippen molar-refractivity contribution in [1.82, 2.24) is 15.4 Å². The van der Waals surface area contributed by atoms with E-state index in [4.69, 9.17) is 0 Å². The summed E-state index contributed by atoms with van der Waals surface area (Å²) in [6, 6.07) is 20.3. The minimum Gasteiger partial charge on any atom is -0.478 e. The van der Waals surface area contributed by atoms with Crippen molar-refractivity contribution in [3.63, 3.8) is 0 Å². The van der Waals surface area contributed by atoms with Crippen LogP contribution in [-0.4, -0.2) is 32.4 Å². The number of amides is 1. The molecule has 1 aliphatic heterocycles. The van der Waals surface area contributed by atoms with Crippen molar-refractivity contribution < 1.29 is 14.7 Å². The van der Waals surface area contributed by atoms with Gasteiger partial charge in [0.05, 0.1) is 17.8 Å². The number of H-pyrrole nitrogens is 1. The Kier molecular flexibility index (Phi) is 4.14. The van der Waals surface area contributed by atoms with Crippen molar-refractivity contribution in [2.24, 2.45) is 0 Å². The summed E-state index contributed by atoms with van der Waals surface area (Å²) in [5.74, 6) is -1.31. The minimum absolute atomic E-state index is 0.0903. The van der Waals surface area contributed by atoms with Gasteiger partial charge in [-0.3, -0.25) is 9.89 Å². The number of nitrogens with one attached hydrogen (secondary N) is 1. The largest absolute Gasteiger partial charge is 0.478 e. The first-order valence-electron chi connectivity index (χ1n) is 9.36. The molecule has 2 heterocycles. The molecule has 4 aromatic rings. The van der Waals surface area contributed by atoms with E-state index in [2.05, 4.69) is 15.4 Å². The number of aromatic carboxylic acids is 1. The van der Waals surface area contributed by atoms with Crippen LogP contribution in [0.5, 0.6) is 0 Å². The number of benzene rings is 3. The first-order valence-corrected chi connectivity index (χ1v) is 9.36. The molecule has 0 atom stereocenters. The van der Waals surface area contributed by atoms with Crippen molar-refractivity contribution in [3.8, 4) is 22.4 Å². The second-order valence-electron chi connectivity index (χ2n) is 7.03. The fourth-order valence-electron chi connectivity index (χ4n) is 3.74. The van der Waals surface area contributed by atoms with Crippen LogP contribution in [0.4, 0.5) is 5.69 Å². The molecule has 1 aliphatic rings. The van der Waals surface area contributed by atoms with E-state index >= 15 is 0 Å². The number of aromatic nitrogens is 3. The maximum atomic E-state index is 13.2. The molecule has 0 fully saturated rings. The quantitative estimate of drug-likeness (QED) is 0.543. The number of anilines is 1. The van der Waals surface area contributed by atoms with Crippen LogP contribution in [0.1, 0.15) is 26.3 Å². The van der Waals surface area contributed by atoms with Crippen LogP contribution in [0, 0.1) is 0 Å². The zero-order valence-electron chi connectivity index (χ0n) is 15.7. The van der Waals surface area contributed by atoms with Crippen LogP contribution in [0.2, 0.25) is 0 Å². The van der Waals surface area contributed by atoms with Crippen LogP contribution < -0.4 is 4.90 Å². The van der Waals surface area contributed by atoms with Crippen LogP contribution in [-0.2, 0) is 6.54 Å². The number of nitrogens with zero attached hydrogens (tertiary/aromatic N) is 3. The van der Waals surface area contributed by atoms with Crippen molar-refractivity contribution in [1.29, 1.82) is 0 Å². The van der Waals surface area contributed by atoms with E-state index in [-0.39, 0.29) is 11.5 Å². The van der Waals surface area contributed by atoms with Gasteiger partial charge in [-0.1, -0.05) is 53.7 Å². The summed E-state index contributed by atoms with van der Waals surface area (Å²) in [6.45, 7) is 0.311. The lowest BCUT2D eigenvalue weighted by Gasteiger charge is -2.19. The Bertz CT molecular complexity index is 1270. The third-order valence-electron chi connectivity index (χ3n) is 5.25. The van der Waals surface area contributed by atoms with Gasteiger partial charge in [0.15, 0.2) is 0 Å². The summed E-state index contributed by atoms with van der Waals surface area (Å²) in [5.41, 5.74) is 5.07. The van der Waals surface area contributed by atoms with Gasteiger partial charge >= 0.3 is 5.97 Å². The summed E-state index contributed by atoms with van der Waals surface area (Å²) in [6.07, 6.45) is 1.66. The molecule has 0 radical (unpaired) electrons. The number of carboxylic acids is 1. The summed E-state index contributed by atoms with van der Waals surface area (Å²) in [5, 5.41) is 20.1. The number of fused-ring (bicyclic) bond motifs is 1. The lowest BCUT2D eigenvalue weighted by molar-refractivity contribution is 0.0697. The molecular weight excluding hydrogens is 380 g/mol. The SMILES string of the molecule is O=C(O)c1ccc(-c2ccccc2)cc1N1Cc2ccc(-c3c[nH]nn3)cc2C1=O.